The molecule has 0 fully saturated rings. The molecule has 0 aliphatic heterocycles. The lowest BCUT2D eigenvalue weighted by atomic mass is 9.93. The van der Waals surface area contributed by atoms with E-state index in [0.29, 0.717) is 19.5 Å². The van der Waals surface area contributed by atoms with E-state index in [4.69, 9.17) is 9.47 Å². The van der Waals surface area contributed by atoms with E-state index >= 15 is 0 Å². The Morgan fingerprint density at radius 2 is 1.26 bits per heavy atom. The van der Waals surface area contributed by atoms with Crippen LogP contribution in [0.4, 0.5) is 0 Å². The number of carbonyl (C=O) groups is 2. The van der Waals surface area contributed by atoms with Crippen LogP contribution in [0.25, 0.3) is 0 Å². The van der Waals surface area contributed by atoms with E-state index in [9.17, 15) is 19.8 Å². The molecule has 31 heavy (non-hydrogen) atoms. The number of hydrogen-bond donors (Lipinski definition) is 2. The summed E-state index contributed by atoms with van der Waals surface area (Å²) < 4.78 is 10.2. The predicted octanol–water partition coefficient (Wildman–Crippen LogP) is 5.37. The maximum atomic E-state index is 12.4. The SMILES string of the molecule is CCOC(=O)c1c(C)sc(C(c2ccccc2)c2sc(C)c(C(=O)OCC)c2O)c1O. The molecule has 0 saturated heterocycles. The number of esters is 2. The van der Waals surface area contributed by atoms with Crippen molar-refractivity contribution in [2.75, 3.05) is 13.2 Å². The molecule has 0 aliphatic carbocycles. The topological polar surface area (TPSA) is 93.1 Å². The van der Waals surface area contributed by atoms with Crippen LogP contribution < -0.4 is 0 Å². The van der Waals surface area contributed by atoms with Crippen molar-refractivity contribution in [3.05, 3.63) is 66.5 Å². The average Bonchev–Trinajstić information content (AvgIpc) is 3.18. The van der Waals surface area contributed by atoms with E-state index in [-0.39, 0.29) is 35.8 Å². The first-order valence-corrected chi connectivity index (χ1v) is 11.5. The van der Waals surface area contributed by atoms with E-state index in [2.05, 4.69) is 0 Å². The third kappa shape index (κ3) is 4.31. The lowest BCUT2D eigenvalue weighted by molar-refractivity contribution is 0.0513. The minimum absolute atomic E-state index is 0.126. The van der Waals surface area contributed by atoms with Gasteiger partial charge in [0, 0.05) is 9.75 Å². The standard InChI is InChI=1S/C23H24O6S2/c1-5-28-22(26)15-12(3)30-20(18(15)24)17(14-10-8-7-9-11-14)21-19(25)16(13(4)31-21)23(27)29-6-2/h7-11,17,24-25H,5-6H2,1-4H3. The number of aryl methyl sites for hydroxylation is 2. The van der Waals surface area contributed by atoms with Gasteiger partial charge in [-0.1, -0.05) is 30.3 Å². The van der Waals surface area contributed by atoms with Gasteiger partial charge in [-0.2, -0.15) is 0 Å². The van der Waals surface area contributed by atoms with Gasteiger partial charge in [-0.05, 0) is 33.3 Å². The minimum Gasteiger partial charge on any atom is -0.506 e. The van der Waals surface area contributed by atoms with Crippen LogP contribution in [0.2, 0.25) is 0 Å². The number of carbonyl (C=O) groups excluding carboxylic acids is 2. The van der Waals surface area contributed by atoms with Crippen LogP contribution in [0.5, 0.6) is 11.5 Å². The zero-order valence-corrected chi connectivity index (χ0v) is 19.4. The van der Waals surface area contributed by atoms with Crippen LogP contribution >= 0.6 is 22.7 Å². The number of aromatic hydroxyl groups is 2. The molecule has 2 aromatic heterocycles. The summed E-state index contributed by atoms with van der Waals surface area (Å²) in [4.78, 5) is 27.0. The smallest absolute Gasteiger partial charge is 0.343 e. The molecule has 6 nitrogen and oxygen atoms in total. The summed E-state index contributed by atoms with van der Waals surface area (Å²) in [6, 6.07) is 9.34. The monoisotopic (exact) mass is 460 g/mol. The van der Waals surface area contributed by atoms with E-state index < -0.39 is 17.9 Å². The van der Waals surface area contributed by atoms with Crippen molar-refractivity contribution in [2.45, 2.75) is 33.6 Å². The Labute approximate surface area is 188 Å². The molecule has 2 heterocycles. The molecule has 164 valence electrons. The van der Waals surface area contributed by atoms with Crippen LogP contribution in [-0.4, -0.2) is 35.4 Å². The van der Waals surface area contributed by atoms with Gasteiger partial charge in [0.1, 0.15) is 22.6 Å². The molecule has 1 aromatic carbocycles. The lowest BCUT2D eigenvalue weighted by Gasteiger charge is -2.16. The normalized spacial score (nSPS) is 11.0. The Morgan fingerprint density at radius 1 is 0.839 bits per heavy atom. The highest BCUT2D eigenvalue weighted by Crippen LogP contribution is 2.50. The van der Waals surface area contributed by atoms with E-state index in [0.717, 1.165) is 5.56 Å². The first-order chi connectivity index (χ1) is 14.8. The van der Waals surface area contributed by atoms with Crippen molar-refractivity contribution in [3.8, 4) is 11.5 Å². The summed E-state index contributed by atoms with van der Waals surface area (Å²) in [7, 11) is 0. The van der Waals surface area contributed by atoms with Gasteiger partial charge >= 0.3 is 11.9 Å². The second-order valence-electron chi connectivity index (χ2n) is 6.78. The van der Waals surface area contributed by atoms with Crippen molar-refractivity contribution in [1.29, 1.82) is 0 Å². The fraction of sp³-hybridized carbons (Fsp3) is 0.304. The maximum absolute atomic E-state index is 12.4. The van der Waals surface area contributed by atoms with Crippen molar-refractivity contribution in [3.63, 3.8) is 0 Å². The number of thiophene rings is 2. The van der Waals surface area contributed by atoms with Crippen molar-refractivity contribution >= 4 is 34.6 Å². The van der Waals surface area contributed by atoms with Crippen LogP contribution in [0, 0.1) is 13.8 Å². The number of benzene rings is 1. The van der Waals surface area contributed by atoms with Crippen LogP contribution in [0.1, 0.15) is 65.6 Å². The van der Waals surface area contributed by atoms with Crippen LogP contribution in [0.3, 0.4) is 0 Å². The number of ether oxygens (including phenoxy) is 2. The van der Waals surface area contributed by atoms with Gasteiger partial charge in [0.15, 0.2) is 0 Å². The number of hydrogen-bond acceptors (Lipinski definition) is 8. The fourth-order valence-electron chi connectivity index (χ4n) is 3.45. The van der Waals surface area contributed by atoms with Gasteiger partial charge in [-0.3, -0.25) is 0 Å². The Hall–Kier alpha value is -2.84. The van der Waals surface area contributed by atoms with E-state index in [1.54, 1.807) is 27.7 Å². The molecule has 3 aromatic rings. The molecule has 0 radical (unpaired) electrons. The van der Waals surface area contributed by atoms with Gasteiger partial charge in [0.25, 0.3) is 0 Å². The van der Waals surface area contributed by atoms with Gasteiger partial charge in [0.2, 0.25) is 0 Å². The Kier molecular flexibility index (Phi) is 7.02. The third-order valence-corrected chi connectivity index (χ3v) is 7.11. The molecule has 0 atom stereocenters. The van der Waals surface area contributed by atoms with Crippen LogP contribution in [-0.2, 0) is 9.47 Å². The van der Waals surface area contributed by atoms with Gasteiger partial charge in [-0.15, -0.1) is 22.7 Å². The molecule has 0 bridgehead atoms. The van der Waals surface area contributed by atoms with Gasteiger partial charge in [0.05, 0.1) is 28.9 Å². The maximum Gasteiger partial charge on any atom is 0.343 e. The van der Waals surface area contributed by atoms with E-state index in [1.165, 1.54) is 22.7 Å². The average molecular weight is 461 g/mol. The highest BCUT2D eigenvalue weighted by Gasteiger charge is 2.34. The lowest BCUT2D eigenvalue weighted by Crippen LogP contribution is -2.06. The largest absolute Gasteiger partial charge is 0.506 e. The molecular formula is C23H24O6S2. The van der Waals surface area contributed by atoms with Crippen molar-refractivity contribution in [1.82, 2.24) is 0 Å². The summed E-state index contributed by atoms with van der Waals surface area (Å²) in [5, 5.41) is 22.0. The van der Waals surface area contributed by atoms with Crippen LogP contribution in [0.15, 0.2) is 30.3 Å². The third-order valence-electron chi connectivity index (χ3n) is 4.79. The molecular weight excluding hydrogens is 436 g/mol. The molecule has 0 saturated carbocycles. The molecule has 0 amide bonds. The molecule has 0 spiro atoms. The summed E-state index contributed by atoms with van der Waals surface area (Å²) in [5.74, 6) is -2.09. The summed E-state index contributed by atoms with van der Waals surface area (Å²) >= 11 is 2.53. The Balaban J connectivity index is 2.22. The molecule has 0 aliphatic rings. The quantitative estimate of drug-likeness (QED) is 0.461. The zero-order chi connectivity index (χ0) is 22.7. The molecule has 8 heteroatoms. The Bertz CT molecular complexity index is 1030. The fourth-order valence-corrected chi connectivity index (χ4v) is 5.89. The predicted molar refractivity (Wildman–Crippen MR) is 121 cm³/mol. The zero-order valence-electron chi connectivity index (χ0n) is 17.7. The molecule has 0 unspecified atom stereocenters. The minimum atomic E-state index is -0.592. The summed E-state index contributed by atoms with van der Waals surface area (Å²) in [6.45, 7) is 7.27. The van der Waals surface area contributed by atoms with Gasteiger partial charge < -0.3 is 19.7 Å². The highest BCUT2D eigenvalue weighted by atomic mass is 32.1. The van der Waals surface area contributed by atoms with Crippen molar-refractivity contribution < 1.29 is 29.3 Å². The first kappa shape index (κ1) is 22.8. The summed E-state index contributed by atoms with van der Waals surface area (Å²) in [5.41, 5.74) is 1.06. The second kappa shape index (κ2) is 9.53. The van der Waals surface area contributed by atoms with E-state index in [1.807, 2.05) is 30.3 Å². The second-order valence-corrected chi connectivity index (χ2v) is 9.29. The first-order valence-electron chi connectivity index (χ1n) is 9.85. The number of rotatable bonds is 7. The summed E-state index contributed by atoms with van der Waals surface area (Å²) in [6.07, 6.45) is 0. The Morgan fingerprint density at radius 3 is 1.65 bits per heavy atom. The van der Waals surface area contributed by atoms with Crippen molar-refractivity contribution in [2.24, 2.45) is 0 Å². The van der Waals surface area contributed by atoms with Gasteiger partial charge in [-0.25, -0.2) is 9.59 Å². The highest BCUT2D eigenvalue weighted by molar-refractivity contribution is 7.14. The molecule has 2 N–H and O–H groups in total. The molecule has 3 rings (SSSR count).